The Labute approximate surface area is 84.1 Å². The molecule has 0 radical (unpaired) electrons. The maximum absolute atomic E-state index is 5.33. The van der Waals surface area contributed by atoms with Gasteiger partial charge in [-0.1, -0.05) is 0 Å². The summed E-state index contributed by atoms with van der Waals surface area (Å²) in [5.74, 6) is 3.32. The van der Waals surface area contributed by atoms with Crippen LogP contribution in [0.25, 0.3) is 0 Å². The van der Waals surface area contributed by atoms with Crippen molar-refractivity contribution in [3.63, 3.8) is 0 Å². The largest absolute Gasteiger partial charge is 0.468 e. The molecule has 1 aromatic rings. The Morgan fingerprint density at radius 1 is 1.54 bits per heavy atom. The minimum absolute atomic E-state index is 1.00. The molecule has 2 nitrogen and oxygen atoms in total. The van der Waals surface area contributed by atoms with Crippen molar-refractivity contribution in [3.05, 3.63) is 23.7 Å². The van der Waals surface area contributed by atoms with Gasteiger partial charge < -0.3 is 9.73 Å². The highest BCUT2D eigenvalue weighted by atomic mass is 32.2. The number of furan rings is 1. The summed E-state index contributed by atoms with van der Waals surface area (Å²) in [4.78, 5) is 0. The van der Waals surface area contributed by atoms with Gasteiger partial charge in [0.2, 0.25) is 0 Å². The average Bonchev–Trinajstić information content (AvgIpc) is 2.52. The molecule has 0 saturated carbocycles. The molecule has 1 N–H and O–H groups in total. The zero-order valence-corrected chi connectivity index (χ0v) is 9.12. The lowest BCUT2D eigenvalue weighted by Gasteiger charge is -1.99. The molecule has 0 amide bonds. The van der Waals surface area contributed by atoms with Gasteiger partial charge in [0.15, 0.2) is 0 Å². The van der Waals surface area contributed by atoms with E-state index in [4.69, 9.17) is 4.42 Å². The van der Waals surface area contributed by atoms with Crippen LogP contribution < -0.4 is 5.32 Å². The number of nitrogens with one attached hydrogen (secondary N) is 1. The molecule has 0 saturated heterocycles. The molecule has 0 unspecified atom stereocenters. The molecule has 0 aromatic carbocycles. The van der Waals surface area contributed by atoms with Crippen LogP contribution in [-0.4, -0.2) is 19.3 Å². The molecule has 0 aliphatic heterocycles. The van der Waals surface area contributed by atoms with Gasteiger partial charge in [0.05, 0.1) is 12.0 Å². The van der Waals surface area contributed by atoms with Crippen LogP contribution in [0.4, 0.5) is 0 Å². The molecular weight excluding hydrogens is 182 g/mol. The second-order valence-corrected chi connectivity index (χ2v) is 4.14. The molecule has 1 rings (SSSR count). The molecule has 0 aliphatic carbocycles. The maximum atomic E-state index is 5.33. The van der Waals surface area contributed by atoms with E-state index in [1.54, 1.807) is 6.26 Å². The third-order valence-electron chi connectivity index (χ3n) is 1.92. The lowest BCUT2D eigenvalue weighted by atomic mass is 10.3. The summed E-state index contributed by atoms with van der Waals surface area (Å²) in [6, 6.07) is 2.02. The van der Waals surface area contributed by atoms with E-state index in [-0.39, 0.29) is 0 Å². The highest BCUT2D eigenvalue weighted by molar-refractivity contribution is 7.98. The minimum Gasteiger partial charge on any atom is -0.468 e. The van der Waals surface area contributed by atoms with Crippen LogP contribution in [0.5, 0.6) is 0 Å². The van der Waals surface area contributed by atoms with Crippen molar-refractivity contribution >= 4 is 11.8 Å². The highest BCUT2D eigenvalue weighted by Gasteiger charge is 2.00. The first kappa shape index (κ1) is 10.7. The fraction of sp³-hybridized carbons (Fsp3) is 0.600. The predicted octanol–water partition coefficient (Wildman–Crippen LogP) is 2.43. The second-order valence-electron chi connectivity index (χ2n) is 3.04. The first-order valence-electron chi connectivity index (χ1n) is 4.60. The van der Waals surface area contributed by atoms with Gasteiger partial charge in [0.25, 0.3) is 0 Å². The SMILES string of the molecule is CNCCCSCc1occc1C. The topological polar surface area (TPSA) is 25.2 Å². The maximum Gasteiger partial charge on any atom is 0.116 e. The smallest absolute Gasteiger partial charge is 0.116 e. The van der Waals surface area contributed by atoms with Crippen molar-refractivity contribution in [3.8, 4) is 0 Å². The molecule has 0 bridgehead atoms. The normalized spacial score (nSPS) is 10.6. The van der Waals surface area contributed by atoms with Crippen LogP contribution >= 0.6 is 11.8 Å². The van der Waals surface area contributed by atoms with E-state index in [9.17, 15) is 0 Å². The summed E-state index contributed by atoms with van der Waals surface area (Å²) < 4.78 is 5.33. The molecule has 0 spiro atoms. The van der Waals surface area contributed by atoms with Crippen molar-refractivity contribution in [2.45, 2.75) is 19.1 Å². The van der Waals surface area contributed by atoms with Crippen LogP contribution in [-0.2, 0) is 5.75 Å². The van der Waals surface area contributed by atoms with Gasteiger partial charge in [-0.25, -0.2) is 0 Å². The number of hydrogen-bond acceptors (Lipinski definition) is 3. The summed E-state index contributed by atoms with van der Waals surface area (Å²) in [7, 11) is 1.99. The quantitative estimate of drug-likeness (QED) is 0.712. The first-order valence-corrected chi connectivity index (χ1v) is 5.75. The third kappa shape index (κ3) is 3.87. The fourth-order valence-electron chi connectivity index (χ4n) is 1.07. The number of hydrogen-bond donors (Lipinski definition) is 1. The minimum atomic E-state index is 1.00. The average molecular weight is 199 g/mol. The summed E-state index contributed by atoms with van der Waals surface area (Å²) >= 11 is 1.93. The van der Waals surface area contributed by atoms with Gasteiger partial charge in [-0.2, -0.15) is 11.8 Å². The Kier molecular flexibility index (Phi) is 5.01. The molecule has 0 aliphatic rings. The van der Waals surface area contributed by atoms with E-state index in [0.717, 1.165) is 18.1 Å². The van der Waals surface area contributed by atoms with Crippen LogP contribution in [0, 0.1) is 6.92 Å². The van der Waals surface area contributed by atoms with Crippen molar-refractivity contribution in [2.24, 2.45) is 0 Å². The molecule has 0 fully saturated rings. The first-order chi connectivity index (χ1) is 6.34. The zero-order chi connectivity index (χ0) is 9.52. The second kappa shape index (κ2) is 6.11. The molecule has 1 aromatic heterocycles. The highest BCUT2D eigenvalue weighted by Crippen LogP contribution is 2.17. The van der Waals surface area contributed by atoms with Gasteiger partial charge >= 0.3 is 0 Å². The van der Waals surface area contributed by atoms with Gasteiger partial charge in [-0.05, 0) is 44.3 Å². The van der Waals surface area contributed by atoms with Gasteiger partial charge in [0, 0.05) is 0 Å². The standard InChI is InChI=1S/C10H17NOS/c1-9-4-6-12-10(9)8-13-7-3-5-11-2/h4,6,11H,3,5,7-8H2,1-2H3. The van der Waals surface area contributed by atoms with Gasteiger partial charge in [0.1, 0.15) is 5.76 Å². The van der Waals surface area contributed by atoms with Gasteiger partial charge in [-0.3, -0.25) is 0 Å². The Morgan fingerprint density at radius 2 is 2.38 bits per heavy atom. The lowest BCUT2D eigenvalue weighted by molar-refractivity contribution is 0.528. The Balaban J connectivity index is 2.10. The molecule has 1 heterocycles. The van der Waals surface area contributed by atoms with E-state index in [1.807, 2.05) is 24.9 Å². The molecule has 74 valence electrons. The molecule has 3 heteroatoms. The van der Waals surface area contributed by atoms with Crippen LogP contribution in [0.15, 0.2) is 16.7 Å². The fourth-order valence-corrected chi connectivity index (χ4v) is 2.04. The number of aryl methyl sites for hydroxylation is 1. The number of rotatable bonds is 6. The number of thioether (sulfide) groups is 1. The van der Waals surface area contributed by atoms with Crippen molar-refractivity contribution in [2.75, 3.05) is 19.3 Å². The van der Waals surface area contributed by atoms with E-state index >= 15 is 0 Å². The lowest BCUT2D eigenvalue weighted by Crippen LogP contribution is -2.08. The van der Waals surface area contributed by atoms with Crippen molar-refractivity contribution in [1.82, 2.24) is 5.32 Å². The third-order valence-corrected chi connectivity index (χ3v) is 2.96. The summed E-state index contributed by atoms with van der Waals surface area (Å²) in [6.45, 7) is 3.19. The monoisotopic (exact) mass is 199 g/mol. The predicted molar refractivity (Wildman–Crippen MR) is 58.2 cm³/mol. The van der Waals surface area contributed by atoms with Crippen molar-refractivity contribution in [1.29, 1.82) is 0 Å². The zero-order valence-electron chi connectivity index (χ0n) is 8.30. The van der Waals surface area contributed by atoms with Gasteiger partial charge in [-0.15, -0.1) is 0 Å². The van der Waals surface area contributed by atoms with Crippen LogP contribution in [0.3, 0.4) is 0 Å². The van der Waals surface area contributed by atoms with Crippen molar-refractivity contribution < 1.29 is 4.42 Å². The van der Waals surface area contributed by atoms with Crippen LogP contribution in [0.1, 0.15) is 17.7 Å². The van der Waals surface area contributed by atoms with E-state index in [0.29, 0.717) is 0 Å². The molecule has 13 heavy (non-hydrogen) atoms. The van der Waals surface area contributed by atoms with E-state index < -0.39 is 0 Å². The van der Waals surface area contributed by atoms with E-state index in [2.05, 4.69) is 12.2 Å². The summed E-state index contributed by atoms with van der Waals surface area (Å²) in [5, 5.41) is 3.14. The summed E-state index contributed by atoms with van der Waals surface area (Å²) in [5.41, 5.74) is 1.26. The van der Waals surface area contributed by atoms with E-state index in [1.165, 1.54) is 17.7 Å². The molecule has 0 atom stereocenters. The Hall–Kier alpha value is -0.410. The van der Waals surface area contributed by atoms with Crippen LogP contribution in [0.2, 0.25) is 0 Å². The summed E-state index contributed by atoms with van der Waals surface area (Å²) in [6.07, 6.45) is 2.99. The Morgan fingerprint density at radius 3 is 3.00 bits per heavy atom. The Bertz CT molecular complexity index is 235. The molecular formula is C10H17NOS.